The third-order valence-electron chi connectivity index (χ3n) is 5.53. The van der Waals surface area contributed by atoms with Gasteiger partial charge in [0, 0.05) is 43.6 Å². The van der Waals surface area contributed by atoms with Gasteiger partial charge in [0.2, 0.25) is 6.79 Å². The standard InChI is InChI=1S/C22H23FN4O2/c23-19-3-1-2-4-20(19)27-12-9-17(25-27)14-24-16-7-10-26(11-8-16)18-5-6-21-22(13-18)29-15-28-21/h1-6,9,12-13,16,24H,7-8,10-11,14-15H2. The van der Waals surface area contributed by atoms with Crippen molar-refractivity contribution < 1.29 is 13.9 Å². The van der Waals surface area contributed by atoms with Crippen molar-refractivity contribution in [2.45, 2.75) is 25.4 Å². The van der Waals surface area contributed by atoms with Crippen molar-refractivity contribution in [1.82, 2.24) is 15.1 Å². The summed E-state index contributed by atoms with van der Waals surface area (Å²) in [6.07, 6.45) is 3.92. The fraction of sp³-hybridized carbons (Fsp3) is 0.318. The zero-order valence-corrected chi connectivity index (χ0v) is 16.1. The SMILES string of the molecule is Fc1ccccc1-n1ccc(CNC2CCN(c3ccc4c(c3)OCO4)CC2)n1. The van der Waals surface area contributed by atoms with Crippen molar-refractivity contribution in [2.75, 3.05) is 24.8 Å². The van der Waals surface area contributed by atoms with Gasteiger partial charge in [0.25, 0.3) is 0 Å². The van der Waals surface area contributed by atoms with Gasteiger partial charge in [-0.25, -0.2) is 9.07 Å². The van der Waals surface area contributed by atoms with E-state index < -0.39 is 0 Å². The first-order valence-electron chi connectivity index (χ1n) is 9.94. The molecule has 0 aliphatic carbocycles. The van der Waals surface area contributed by atoms with Crippen molar-refractivity contribution >= 4 is 5.69 Å². The molecule has 7 heteroatoms. The summed E-state index contributed by atoms with van der Waals surface area (Å²) in [7, 11) is 0. The molecular formula is C22H23FN4O2. The smallest absolute Gasteiger partial charge is 0.231 e. The molecule has 29 heavy (non-hydrogen) atoms. The first kappa shape index (κ1) is 18.0. The molecular weight excluding hydrogens is 371 g/mol. The number of fused-ring (bicyclic) bond motifs is 1. The van der Waals surface area contributed by atoms with Gasteiger partial charge in [-0.3, -0.25) is 0 Å². The molecule has 0 unspecified atom stereocenters. The number of benzene rings is 2. The molecule has 2 aromatic carbocycles. The van der Waals surface area contributed by atoms with Gasteiger partial charge >= 0.3 is 0 Å². The molecule has 1 N–H and O–H groups in total. The Balaban J connectivity index is 1.14. The lowest BCUT2D eigenvalue weighted by Crippen LogP contribution is -2.42. The molecule has 0 atom stereocenters. The minimum atomic E-state index is -0.272. The number of piperidine rings is 1. The van der Waals surface area contributed by atoms with E-state index in [4.69, 9.17) is 9.47 Å². The lowest BCUT2D eigenvalue weighted by Gasteiger charge is -2.34. The number of hydrogen-bond acceptors (Lipinski definition) is 5. The highest BCUT2D eigenvalue weighted by atomic mass is 19.1. The lowest BCUT2D eigenvalue weighted by atomic mass is 10.0. The zero-order valence-electron chi connectivity index (χ0n) is 16.1. The van der Waals surface area contributed by atoms with Crippen LogP contribution in [-0.2, 0) is 6.54 Å². The number of ether oxygens (including phenoxy) is 2. The maximum Gasteiger partial charge on any atom is 0.231 e. The van der Waals surface area contributed by atoms with Crippen LogP contribution in [0.1, 0.15) is 18.5 Å². The topological polar surface area (TPSA) is 51.6 Å². The molecule has 150 valence electrons. The molecule has 1 saturated heterocycles. The van der Waals surface area contributed by atoms with Crippen LogP contribution < -0.4 is 19.7 Å². The molecule has 2 aliphatic rings. The van der Waals surface area contributed by atoms with Gasteiger partial charge in [0.05, 0.1) is 5.69 Å². The highest BCUT2D eigenvalue weighted by Crippen LogP contribution is 2.36. The molecule has 2 aliphatic heterocycles. The number of aromatic nitrogens is 2. The van der Waals surface area contributed by atoms with Crippen LogP contribution >= 0.6 is 0 Å². The van der Waals surface area contributed by atoms with E-state index in [0.29, 0.717) is 25.1 Å². The molecule has 0 saturated carbocycles. The number of anilines is 1. The Morgan fingerprint density at radius 3 is 2.72 bits per heavy atom. The summed E-state index contributed by atoms with van der Waals surface area (Å²) in [5, 5.41) is 8.09. The van der Waals surface area contributed by atoms with Crippen LogP contribution in [0.15, 0.2) is 54.7 Å². The number of nitrogens with zero attached hydrogens (tertiary/aromatic N) is 3. The Morgan fingerprint density at radius 1 is 1.03 bits per heavy atom. The molecule has 1 aromatic heterocycles. The average molecular weight is 394 g/mol. The molecule has 1 fully saturated rings. The van der Waals surface area contributed by atoms with E-state index in [0.717, 1.165) is 43.1 Å². The van der Waals surface area contributed by atoms with Crippen molar-refractivity contribution in [3.05, 3.63) is 66.2 Å². The van der Waals surface area contributed by atoms with Gasteiger partial charge in [-0.2, -0.15) is 5.10 Å². The average Bonchev–Trinajstić information content (AvgIpc) is 3.42. The van der Waals surface area contributed by atoms with Crippen molar-refractivity contribution in [3.8, 4) is 17.2 Å². The number of hydrogen-bond donors (Lipinski definition) is 1. The molecule has 0 amide bonds. The van der Waals surface area contributed by atoms with Crippen LogP contribution in [0.5, 0.6) is 11.5 Å². The Morgan fingerprint density at radius 2 is 1.86 bits per heavy atom. The zero-order chi connectivity index (χ0) is 19.6. The van der Waals surface area contributed by atoms with Gasteiger partial charge < -0.3 is 19.7 Å². The predicted molar refractivity (Wildman–Crippen MR) is 108 cm³/mol. The van der Waals surface area contributed by atoms with E-state index in [2.05, 4.69) is 27.4 Å². The van der Waals surface area contributed by atoms with E-state index in [1.807, 2.05) is 18.2 Å². The normalized spacial score (nSPS) is 16.4. The molecule has 6 nitrogen and oxygen atoms in total. The second-order valence-corrected chi connectivity index (χ2v) is 7.38. The number of nitrogens with one attached hydrogen (secondary N) is 1. The minimum Gasteiger partial charge on any atom is -0.454 e. The second-order valence-electron chi connectivity index (χ2n) is 7.38. The van der Waals surface area contributed by atoms with E-state index >= 15 is 0 Å². The van der Waals surface area contributed by atoms with Crippen LogP contribution in [0.3, 0.4) is 0 Å². The highest BCUT2D eigenvalue weighted by Gasteiger charge is 2.21. The molecule has 0 spiro atoms. The van der Waals surface area contributed by atoms with Crippen LogP contribution in [0, 0.1) is 5.82 Å². The van der Waals surface area contributed by atoms with E-state index in [-0.39, 0.29) is 5.82 Å². The lowest BCUT2D eigenvalue weighted by molar-refractivity contribution is 0.174. The maximum atomic E-state index is 13.9. The number of halogens is 1. The predicted octanol–water partition coefficient (Wildman–Crippen LogP) is 3.50. The molecule has 3 heterocycles. The van der Waals surface area contributed by atoms with Crippen LogP contribution in [0.2, 0.25) is 0 Å². The van der Waals surface area contributed by atoms with Crippen molar-refractivity contribution in [3.63, 3.8) is 0 Å². The van der Waals surface area contributed by atoms with Crippen LogP contribution in [0.25, 0.3) is 5.69 Å². The summed E-state index contributed by atoms with van der Waals surface area (Å²) in [6, 6.07) is 15.2. The Labute approximate surface area is 168 Å². The summed E-state index contributed by atoms with van der Waals surface area (Å²) in [5.41, 5.74) is 2.55. The van der Waals surface area contributed by atoms with Crippen molar-refractivity contribution in [1.29, 1.82) is 0 Å². The Bertz CT molecular complexity index is 998. The summed E-state index contributed by atoms with van der Waals surface area (Å²) >= 11 is 0. The van der Waals surface area contributed by atoms with Gasteiger partial charge in [-0.05, 0) is 43.2 Å². The van der Waals surface area contributed by atoms with Crippen molar-refractivity contribution in [2.24, 2.45) is 0 Å². The van der Waals surface area contributed by atoms with E-state index in [1.54, 1.807) is 23.0 Å². The highest BCUT2D eigenvalue weighted by molar-refractivity contribution is 5.57. The van der Waals surface area contributed by atoms with Gasteiger partial charge in [0.15, 0.2) is 11.5 Å². The first-order valence-corrected chi connectivity index (χ1v) is 9.94. The Hall–Kier alpha value is -3.06. The summed E-state index contributed by atoms with van der Waals surface area (Å²) in [6.45, 7) is 2.95. The molecule has 5 rings (SSSR count). The summed E-state index contributed by atoms with van der Waals surface area (Å²) in [4.78, 5) is 2.38. The second kappa shape index (κ2) is 7.75. The fourth-order valence-electron chi connectivity index (χ4n) is 3.90. The quantitative estimate of drug-likeness (QED) is 0.718. The van der Waals surface area contributed by atoms with E-state index in [9.17, 15) is 4.39 Å². The fourth-order valence-corrected chi connectivity index (χ4v) is 3.90. The van der Waals surface area contributed by atoms with Gasteiger partial charge in [-0.15, -0.1) is 0 Å². The Kier molecular flexibility index (Phi) is 4.81. The third-order valence-corrected chi connectivity index (χ3v) is 5.53. The summed E-state index contributed by atoms with van der Waals surface area (Å²) < 4.78 is 26.4. The largest absolute Gasteiger partial charge is 0.454 e. The van der Waals surface area contributed by atoms with Gasteiger partial charge in [0.1, 0.15) is 11.5 Å². The number of rotatable bonds is 5. The monoisotopic (exact) mass is 394 g/mol. The van der Waals surface area contributed by atoms with E-state index in [1.165, 1.54) is 11.8 Å². The first-order chi connectivity index (χ1) is 14.3. The molecule has 0 radical (unpaired) electrons. The number of para-hydroxylation sites is 1. The van der Waals surface area contributed by atoms with Crippen LogP contribution in [0.4, 0.5) is 10.1 Å². The molecule has 3 aromatic rings. The summed E-state index contributed by atoms with van der Waals surface area (Å²) in [5.74, 6) is 1.37. The third kappa shape index (κ3) is 3.78. The van der Waals surface area contributed by atoms with Gasteiger partial charge in [-0.1, -0.05) is 12.1 Å². The maximum absolute atomic E-state index is 13.9. The van der Waals surface area contributed by atoms with Crippen LogP contribution in [-0.4, -0.2) is 35.7 Å². The molecule has 0 bridgehead atoms. The minimum absolute atomic E-state index is 0.272.